The molecule has 2 N–H and O–H groups in total. The van der Waals surface area contributed by atoms with E-state index in [9.17, 15) is 14.3 Å². The lowest BCUT2D eigenvalue weighted by Gasteiger charge is -2.32. The van der Waals surface area contributed by atoms with Gasteiger partial charge in [-0.3, -0.25) is 9.36 Å². The Hall–Kier alpha value is -0.340. The predicted molar refractivity (Wildman–Crippen MR) is 69.7 cm³/mol. The summed E-state index contributed by atoms with van der Waals surface area (Å²) < 4.78 is 21.2. The summed E-state index contributed by atoms with van der Waals surface area (Å²) in [5.74, 6) is -0.347. The molecule has 0 aromatic carbocycles. The zero-order valence-electron chi connectivity index (χ0n) is 12.3. The molecule has 0 aliphatic heterocycles. The minimum atomic E-state index is -4.72. The van der Waals surface area contributed by atoms with Gasteiger partial charge in [0.05, 0.1) is 34.4 Å². The van der Waals surface area contributed by atoms with Gasteiger partial charge in [-0.15, -0.1) is 0 Å². The van der Waals surface area contributed by atoms with Crippen LogP contribution in [0.2, 0.25) is 0 Å². The Labute approximate surface area is 119 Å². The second-order valence-electron chi connectivity index (χ2n) is 5.47. The summed E-state index contributed by atoms with van der Waals surface area (Å²) >= 11 is 0. The van der Waals surface area contributed by atoms with E-state index in [4.69, 9.17) is 14.7 Å². The van der Waals surface area contributed by atoms with Gasteiger partial charge in [-0.05, 0) is 0 Å². The molecular formula is C11H24NO7P. The van der Waals surface area contributed by atoms with Gasteiger partial charge in [0.25, 0.3) is 7.82 Å². The van der Waals surface area contributed by atoms with Gasteiger partial charge in [-0.25, -0.2) is 0 Å². The van der Waals surface area contributed by atoms with Gasteiger partial charge >= 0.3 is 0 Å². The number of hydrogen-bond donors (Lipinski definition) is 2. The molecule has 120 valence electrons. The number of phosphoric acid groups is 1. The number of likely N-dealkylation sites (N-methyl/N-ethyl adjacent to an activating group) is 1. The van der Waals surface area contributed by atoms with E-state index >= 15 is 0 Å². The molecule has 0 heterocycles. The van der Waals surface area contributed by atoms with Gasteiger partial charge in [0.2, 0.25) is 0 Å². The Morgan fingerprint density at radius 3 is 2.35 bits per heavy atom. The van der Waals surface area contributed by atoms with E-state index in [0.29, 0.717) is 4.48 Å². The maximum Gasteiger partial charge on any atom is 0.268 e. The molecule has 9 heteroatoms. The molecule has 2 unspecified atom stereocenters. The summed E-state index contributed by atoms with van der Waals surface area (Å²) in [5, 5.41) is 17.6. The van der Waals surface area contributed by atoms with Crippen LogP contribution < -0.4 is 4.89 Å². The molecular weight excluding hydrogens is 289 g/mol. The van der Waals surface area contributed by atoms with Crippen LogP contribution in [0.15, 0.2) is 0 Å². The van der Waals surface area contributed by atoms with Crippen molar-refractivity contribution in [3.05, 3.63) is 0 Å². The monoisotopic (exact) mass is 313 g/mol. The fourth-order valence-corrected chi connectivity index (χ4v) is 2.25. The van der Waals surface area contributed by atoms with Crippen LogP contribution in [0.25, 0.3) is 0 Å². The number of carbonyl (C=O) groups is 1. The van der Waals surface area contributed by atoms with Crippen LogP contribution >= 0.6 is 7.82 Å². The first-order valence-electron chi connectivity index (χ1n) is 6.27. The molecule has 0 fully saturated rings. The minimum Gasteiger partial charge on any atom is -0.756 e. The van der Waals surface area contributed by atoms with Gasteiger partial charge in [0.15, 0.2) is 11.9 Å². The van der Waals surface area contributed by atoms with Gasteiger partial charge in [-0.1, -0.05) is 6.92 Å². The van der Waals surface area contributed by atoms with Gasteiger partial charge < -0.3 is 28.6 Å². The first-order valence-corrected chi connectivity index (χ1v) is 7.73. The Bertz CT molecular complexity index is 355. The van der Waals surface area contributed by atoms with Crippen molar-refractivity contribution in [3.63, 3.8) is 0 Å². The summed E-state index contributed by atoms with van der Waals surface area (Å²) in [6, 6.07) is 0. The van der Waals surface area contributed by atoms with E-state index in [-0.39, 0.29) is 18.7 Å². The molecule has 0 radical (unpaired) electrons. The van der Waals surface area contributed by atoms with Gasteiger partial charge in [0.1, 0.15) is 12.6 Å². The second kappa shape index (κ2) is 8.19. The average molecular weight is 313 g/mol. The summed E-state index contributed by atoms with van der Waals surface area (Å²) in [5.41, 5.74) is 0. The van der Waals surface area contributed by atoms with Gasteiger partial charge in [-0.2, -0.15) is 0 Å². The van der Waals surface area contributed by atoms with Crippen molar-refractivity contribution in [2.24, 2.45) is 0 Å². The van der Waals surface area contributed by atoms with Crippen LogP contribution in [0, 0.1) is 0 Å². The van der Waals surface area contributed by atoms with Crippen molar-refractivity contribution in [3.8, 4) is 0 Å². The molecule has 0 aromatic rings. The molecule has 20 heavy (non-hydrogen) atoms. The largest absolute Gasteiger partial charge is 0.756 e. The van der Waals surface area contributed by atoms with Crippen LogP contribution in [0.5, 0.6) is 0 Å². The van der Waals surface area contributed by atoms with Crippen molar-refractivity contribution < 1.29 is 38.0 Å². The van der Waals surface area contributed by atoms with E-state index in [0.717, 1.165) is 0 Å². The van der Waals surface area contributed by atoms with Crippen molar-refractivity contribution >= 4 is 13.6 Å². The maximum absolute atomic E-state index is 11.7. The third-order valence-corrected chi connectivity index (χ3v) is 3.29. The maximum atomic E-state index is 11.7. The fraction of sp³-hybridized carbons (Fsp3) is 0.909. The molecule has 0 rings (SSSR count). The highest BCUT2D eigenvalue weighted by molar-refractivity contribution is 7.45. The number of aliphatic hydroxyl groups excluding tert-OH is 2. The third kappa shape index (κ3) is 8.76. The minimum absolute atomic E-state index is 0.143. The topological polar surface area (TPSA) is 116 Å². The van der Waals surface area contributed by atoms with Crippen LogP contribution in [-0.2, 0) is 18.4 Å². The molecule has 0 amide bonds. The van der Waals surface area contributed by atoms with E-state index in [1.807, 2.05) is 0 Å². The fourth-order valence-electron chi connectivity index (χ4n) is 1.34. The Morgan fingerprint density at radius 2 is 1.95 bits per heavy atom. The zero-order valence-corrected chi connectivity index (χ0v) is 13.2. The molecule has 0 aromatic heterocycles. The summed E-state index contributed by atoms with van der Waals surface area (Å²) in [6.45, 7) is 0.538. The number of Topliss-reactive ketones (excluding diaryl/α,β-unsaturated/α-hetero) is 1. The summed E-state index contributed by atoms with van der Waals surface area (Å²) in [7, 11) is 0.670. The van der Waals surface area contributed by atoms with Crippen LogP contribution in [-0.4, -0.2) is 73.6 Å². The summed E-state index contributed by atoms with van der Waals surface area (Å²) in [4.78, 5) is 23.3. The molecule has 0 spiro atoms. The Morgan fingerprint density at radius 1 is 1.40 bits per heavy atom. The van der Waals surface area contributed by atoms with Crippen LogP contribution in [0.4, 0.5) is 0 Å². The first kappa shape index (κ1) is 19.7. The van der Waals surface area contributed by atoms with Crippen LogP contribution in [0.1, 0.15) is 13.3 Å². The standard InChI is InChI=1S/C11H24NO7P/c1-5-10(15)11(6-12(2,3)4)19-20(16,17)18-8-9(14)7-13/h9,11,13-14H,5-8H2,1-4H3/t9-,11?/m1/s1. The normalized spacial score (nSPS) is 18.4. The number of phosphoric ester groups is 1. The highest BCUT2D eigenvalue weighted by Gasteiger charge is 2.29. The van der Waals surface area contributed by atoms with Crippen molar-refractivity contribution in [1.82, 2.24) is 0 Å². The van der Waals surface area contributed by atoms with Crippen molar-refractivity contribution in [2.75, 3.05) is 40.9 Å². The lowest BCUT2D eigenvalue weighted by Crippen LogP contribution is -2.45. The summed E-state index contributed by atoms with van der Waals surface area (Å²) in [6.07, 6.45) is -2.31. The predicted octanol–water partition coefficient (Wildman–Crippen LogP) is -1.10. The molecule has 0 saturated heterocycles. The van der Waals surface area contributed by atoms with E-state index in [1.165, 1.54) is 0 Å². The molecule has 3 atom stereocenters. The van der Waals surface area contributed by atoms with E-state index in [1.54, 1.807) is 28.1 Å². The molecule has 8 nitrogen and oxygen atoms in total. The quantitative estimate of drug-likeness (QED) is 0.388. The van der Waals surface area contributed by atoms with E-state index in [2.05, 4.69) is 4.52 Å². The third-order valence-electron chi connectivity index (χ3n) is 2.31. The number of ketones is 1. The Kier molecular flexibility index (Phi) is 8.05. The number of carbonyl (C=O) groups excluding carboxylic acids is 1. The first-order chi connectivity index (χ1) is 9.00. The molecule has 0 aliphatic rings. The molecule has 0 saturated carbocycles. The smallest absolute Gasteiger partial charge is 0.268 e. The lowest BCUT2D eigenvalue weighted by atomic mass is 10.2. The Balaban J connectivity index is 4.70. The molecule has 0 bridgehead atoms. The molecule has 0 aliphatic carbocycles. The number of aliphatic hydroxyl groups is 2. The highest BCUT2D eigenvalue weighted by atomic mass is 31.2. The van der Waals surface area contributed by atoms with Gasteiger partial charge in [0, 0.05) is 6.42 Å². The number of hydrogen-bond acceptors (Lipinski definition) is 7. The van der Waals surface area contributed by atoms with Crippen molar-refractivity contribution in [1.29, 1.82) is 0 Å². The van der Waals surface area contributed by atoms with Crippen molar-refractivity contribution in [2.45, 2.75) is 25.6 Å². The highest BCUT2D eigenvalue weighted by Crippen LogP contribution is 2.40. The second-order valence-corrected chi connectivity index (χ2v) is 6.83. The van der Waals surface area contributed by atoms with Crippen LogP contribution in [0.3, 0.4) is 0 Å². The van der Waals surface area contributed by atoms with E-state index < -0.39 is 33.2 Å². The average Bonchev–Trinajstić information content (AvgIpc) is 2.32. The SMILES string of the molecule is CCC(=O)C(C[N+](C)(C)C)OP(=O)([O-])OC[C@H](O)CO. The number of rotatable bonds is 10. The zero-order chi connectivity index (χ0) is 16.0. The number of quaternary nitrogens is 1. The number of nitrogens with zero attached hydrogens (tertiary/aromatic N) is 1. The lowest BCUT2D eigenvalue weighted by molar-refractivity contribution is -0.872.